The van der Waals surface area contributed by atoms with Crippen molar-refractivity contribution in [1.29, 1.82) is 0 Å². The fourth-order valence-electron chi connectivity index (χ4n) is 2.28. The third kappa shape index (κ3) is 4.93. The number of amides is 2. The van der Waals surface area contributed by atoms with E-state index >= 15 is 0 Å². The van der Waals surface area contributed by atoms with Gasteiger partial charge in [-0.25, -0.2) is 14.4 Å². The summed E-state index contributed by atoms with van der Waals surface area (Å²) in [5, 5.41) is 28.2. The zero-order chi connectivity index (χ0) is 20.4. The van der Waals surface area contributed by atoms with Crippen LogP contribution in [-0.2, 0) is 14.3 Å². The molecule has 1 aliphatic heterocycles. The van der Waals surface area contributed by atoms with Gasteiger partial charge in [0.2, 0.25) is 11.5 Å². The van der Waals surface area contributed by atoms with Gasteiger partial charge < -0.3 is 34.6 Å². The second kappa shape index (κ2) is 7.30. The molecule has 0 aromatic carbocycles. The molecule has 0 radical (unpaired) electrons. The molecule has 0 aromatic heterocycles. The molecule has 2 amide bonds. The van der Waals surface area contributed by atoms with Crippen molar-refractivity contribution in [3.63, 3.8) is 0 Å². The Bertz CT molecular complexity index is 615. The maximum absolute atomic E-state index is 12.5. The number of ether oxygens (including phenoxy) is 2. The van der Waals surface area contributed by atoms with Gasteiger partial charge in [0.15, 0.2) is 0 Å². The number of esters is 1. The maximum Gasteiger partial charge on any atom is 0.413 e. The summed E-state index contributed by atoms with van der Waals surface area (Å²) in [7, 11) is 0. The zero-order valence-corrected chi connectivity index (χ0v) is 15.8. The van der Waals surface area contributed by atoms with Crippen molar-refractivity contribution >= 4 is 18.2 Å². The summed E-state index contributed by atoms with van der Waals surface area (Å²) in [6.45, 7) is 10.3. The number of aliphatic hydroxyl groups excluding tert-OH is 2. The van der Waals surface area contributed by atoms with E-state index in [1.807, 2.05) is 0 Å². The van der Waals surface area contributed by atoms with Gasteiger partial charge in [-0.3, -0.25) is 0 Å². The van der Waals surface area contributed by atoms with Crippen LogP contribution < -0.4 is 0 Å². The lowest BCUT2D eigenvalue weighted by Crippen LogP contribution is -2.53. The van der Waals surface area contributed by atoms with Crippen LogP contribution in [0.3, 0.4) is 0 Å². The minimum absolute atomic E-state index is 0.00300. The summed E-state index contributed by atoms with van der Waals surface area (Å²) in [6.07, 6.45) is -3.80. The molecule has 0 saturated heterocycles. The molecule has 1 rings (SSSR count). The molecule has 0 saturated carbocycles. The van der Waals surface area contributed by atoms with Crippen molar-refractivity contribution in [3.05, 3.63) is 11.5 Å². The number of nitrogens with zero attached hydrogens (tertiary/aromatic N) is 2. The van der Waals surface area contributed by atoms with Gasteiger partial charge >= 0.3 is 24.4 Å². The first-order valence-electron chi connectivity index (χ1n) is 7.98. The quantitative estimate of drug-likeness (QED) is 0.637. The first-order chi connectivity index (χ1) is 11.7. The van der Waals surface area contributed by atoms with Crippen LogP contribution in [0.2, 0.25) is 0 Å². The normalized spacial score (nSPS) is 17.8. The van der Waals surface area contributed by atoms with Crippen molar-refractivity contribution < 1.29 is 39.2 Å². The van der Waals surface area contributed by atoms with Crippen LogP contribution >= 0.6 is 0 Å². The molecular formula is C16H26N2O8. The molecule has 3 N–H and O–H groups in total. The lowest BCUT2D eigenvalue weighted by atomic mass is 10.1. The minimum atomic E-state index is -1.74. The SMILES string of the molecule is CC(C)(C)N(CCN(C(=O)OC1OC(=O)C(O)=C1O)C(C)(C)C)C(=O)O. The highest BCUT2D eigenvalue weighted by molar-refractivity contribution is 5.89. The first kappa shape index (κ1) is 21.4. The Morgan fingerprint density at radius 3 is 1.85 bits per heavy atom. The van der Waals surface area contributed by atoms with Crippen LogP contribution in [0.5, 0.6) is 0 Å². The molecule has 1 aliphatic rings. The highest BCUT2D eigenvalue weighted by atomic mass is 16.7. The number of rotatable bonds is 4. The molecule has 148 valence electrons. The first-order valence-corrected chi connectivity index (χ1v) is 7.98. The van der Waals surface area contributed by atoms with Gasteiger partial charge in [0.05, 0.1) is 0 Å². The zero-order valence-electron chi connectivity index (χ0n) is 15.8. The number of carboxylic acid groups (broad SMARTS) is 1. The van der Waals surface area contributed by atoms with Crippen molar-refractivity contribution in [1.82, 2.24) is 9.80 Å². The summed E-state index contributed by atoms with van der Waals surface area (Å²) in [5.74, 6) is -3.11. The summed E-state index contributed by atoms with van der Waals surface area (Å²) in [6, 6.07) is 0. The lowest BCUT2D eigenvalue weighted by molar-refractivity contribution is -0.157. The Kier molecular flexibility index (Phi) is 6.01. The minimum Gasteiger partial charge on any atom is -0.503 e. The van der Waals surface area contributed by atoms with Gasteiger partial charge in [-0.1, -0.05) is 0 Å². The third-order valence-corrected chi connectivity index (χ3v) is 3.70. The van der Waals surface area contributed by atoms with Crippen molar-refractivity contribution in [2.24, 2.45) is 0 Å². The number of carbonyl (C=O) groups is 3. The van der Waals surface area contributed by atoms with Gasteiger partial charge in [-0.15, -0.1) is 0 Å². The molecule has 0 fully saturated rings. The molecule has 0 bridgehead atoms. The molecular weight excluding hydrogens is 348 g/mol. The number of hydrogen-bond acceptors (Lipinski definition) is 7. The average Bonchev–Trinajstić information content (AvgIpc) is 2.67. The Hall–Kier alpha value is -2.65. The lowest BCUT2D eigenvalue weighted by Gasteiger charge is -2.39. The monoisotopic (exact) mass is 374 g/mol. The van der Waals surface area contributed by atoms with Crippen LogP contribution in [0, 0.1) is 0 Å². The largest absolute Gasteiger partial charge is 0.503 e. The van der Waals surface area contributed by atoms with E-state index in [-0.39, 0.29) is 13.1 Å². The van der Waals surface area contributed by atoms with E-state index in [0.29, 0.717) is 0 Å². The molecule has 1 heterocycles. The van der Waals surface area contributed by atoms with E-state index in [4.69, 9.17) is 4.74 Å². The molecule has 10 nitrogen and oxygen atoms in total. The van der Waals surface area contributed by atoms with E-state index in [9.17, 15) is 29.7 Å². The summed E-state index contributed by atoms with van der Waals surface area (Å²) >= 11 is 0. The van der Waals surface area contributed by atoms with Crippen LogP contribution in [0.1, 0.15) is 41.5 Å². The fourth-order valence-corrected chi connectivity index (χ4v) is 2.28. The van der Waals surface area contributed by atoms with Gasteiger partial charge in [0.25, 0.3) is 0 Å². The second-order valence-corrected chi connectivity index (χ2v) is 7.78. The van der Waals surface area contributed by atoms with E-state index in [2.05, 4.69) is 4.74 Å². The topological polar surface area (TPSA) is 137 Å². The molecule has 0 aliphatic carbocycles. The van der Waals surface area contributed by atoms with Gasteiger partial charge in [0.1, 0.15) is 0 Å². The van der Waals surface area contributed by atoms with E-state index in [0.717, 1.165) is 0 Å². The Morgan fingerprint density at radius 1 is 1.04 bits per heavy atom. The van der Waals surface area contributed by atoms with Gasteiger partial charge in [0, 0.05) is 24.2 Å². The standard InChI is InChI=1S/C16H26N2O8/c1-15(2,3)17(13(22)23)7-8-18(16(4,5)6)14(24)26-12-10(20)9(19)11(21)25-12/h12,19-20H,7-8H2,1-6H3,(H,22,23). The van der Waals surface area contributed by atoms with Crippen molar-refractivity contribution in [2.75, 3.05) is 13.1 Å². The fraction of sp³-hybridized carbons (Fsp3) is 0.688. The smallest absolute Gasteiger partial charge is 0.413 e. The van der Waals surface area contributed by atoms with E-state index in [1.165, 1.54) is 9.80 Å². The number of carbonyl (C=O) groups excluding carboxylic acids is 2. The molecule has 1 atom stereocenters. The van der Waals surface area contributed by atoms with E-state index in [1.54, 1.807) is 41.5 Å². The summed E-state index contributed by atoms with van der Waals surface area (Å²) in [4.78, 5) is 37.5. The molecule has 1 unspecified atom stereocenters. The number of aliphatic hydroxyl groups is 2. The molecule has 0 spiro atoms. The number of cyclic esters (lactones) is 1. The van der Waals surface area contributed by atoms with Crippen LogP contribution in [0.15, 0.2) is 11.5 Å². The molecule has 0 aromatic rings. The van der Waals surface area contributed by atoms with Gasteiger partial charge in [-0.2, -0.15) is 0 Å². The molecule has 26 heavy (non-hydrogen) atoms. The highest BCUT2D eigenvalue weighted by Crippen LogP contribution is 2.23. The predicted octanol–water partition coefficient (Wildman–Crippen LogP) is 2.21. The van der Waals surface area contributed by atoms with Gasteiger partial charge in [-0.05, 0) is 41.5 Å². The van der Waals surface area contributed by atoms with Crippen molar-refractivity contribution in [2.45, 2.75) is 58.9 Å². The van der Waals surface area contributed by atoms with Crippen LogP contribution in [-0.4, -0.2) is 73.7 Å². The predicted molar refractivity (Wildman–Crippen MR) is 89.6 cm³/mol. The van der Waals surface area contributed by atoms with Crippen LogP contribution in [0.4, 0.5) is 9.59 Å². The maximum atomic E-state index is 12.5. The van der Waals surface area contributed by atoms with Crippen LogP contribution in [0.25, 0.3) is 0 Å². The number of hydrogen-bond donors (Lipinski definition) is 3. The van der Waals surface area contributed by atoms with E-state index < -0.39 is 47.0 Å². The second-order valence-electron chi connectivity index (χ2n) is 7.78. The Morgan fingerprint density at radius 2 is 1.50 bits per heavy atom. The summed E-state index contributed by atoms with van der Waals surface area (Å²) in [5.41, 5.74) is -1.42. The Labute approximate surface area is 151 Å². The third-order valence-electron chi connectivity index (χ3n) is 3.70. The van der Waals surface area contributed by atoms with Crippen molar-refractivity contribution in [3.8, 4) is 0 Å². The molecule has 10 heteroatoms. The Balaban J connectivity index is 2.90. The summed E-state index contributed by atoms with van der Waals surface area (Å²) < 4.78 is 9.49. The average molecular weight is 374 g/mol. The highest BCUT2D eigenvalue weighted by Gasteiger charge is 2.40.